The lowest BCUT2D eigenvalue weighted by atomic mass is 9.82. The van der Waals surface area contributed by atoms with Gasteiger partial charge in [-0.05, 0) is 25.7 Å². The molecule has 0 radical (unpaired) electrons. The van der Waals surface area contributed by atoms with E-state index in [4.69, 9.17) is 9.84 Å². The number of carbonyl (C=O) groups excluding carboxylic acids is 1. The van der Waals surface area contributed by atoms with Crippen molar-refractivity contribution in [3.8, 4) is 0 Å². The summed E-state index contributed by atoms with van der Waals surface area (Å²) in [6.45, 7) is 1.33. The fraction of sp³-hybridized carbons (Fsp3) is 0.692. The number of carboxylic acids is 1. The summed E-state index contributed by atoms with van der Waals surface area (Å²) in [6, 6.07) is 0.131. The molecular formula is C13H19NO4. The van der Waals surface area contributed by atoms with Crippen molar-refractivity contribution in [1.29, 1.82) is 0 Å². The molecule has 0 bridgehead atoms. The van der Waals surface area contributed by atoms with Crippen LogP contribution in [0.3, 0.4) is 0 Å². The lowest BCUT2D eigenvalue weighted by Gasteiger charge is -2.28. The zero-order chi connectivity index (χ0) is 13.0. The van der Waals surface area contributed by atoms with E-state index in [0.29, 0.717) is 26.1 Å². The largest absolute Gasteiger partial charge is 0.481 e. The van der Waals surface area contributed by atoms with Crippen molar-refractivity contribution in [3.05, 3.63) is 12.2 Å². The van der Waals surface area contributed by atoms with E-state index in [2.05, 4.69) is 5.32 Å². The van der Waals surface area contributed by atoms with Crippen molar-refractivity contribution in [1.82, 2.24) is 5.32 Å². The second-order valence-corrected chi connectivity index (χ2v) is 4.89. The standard InChI is InChI=1S/C13H19NO4/c15-12(14-9-5-7-18-8-6-9)10-3-1-2-4-11(10)13(16)17/h1-2,9-11H,3-8H2,(H,14,15)(H,16,17)/t10-,11+/m1/s1. The molecule has 0 aromatic heterocycles. The van der Waals surface area contributed by atoms with Gasteiger partial charge in [0.15, 0.2) is 0 Å². The summed E-state index contributed by atoms with van der Waals surface area (Å²) in [5, 5.41) is 12.1. The number of nitrogens with one attached hydrogen (secondary N) is 1. The summed E-state index contributed by atoms with van der Waals surface area (Å²) < 4.78 is 5.23. The van der Waals surface area contributed by atoms with Gasteiger partial charge in [0.2, 0.25) is 5.91 Å². The van der Waals surface area contributed by atoms with Crippen molar-refractivity contribution in [2.75, 3.05) is 13.2 Å². The van der Waals surface area contributed by atoms with Gasteiger partial charge in [-0.3, -0.25) is 9.59 Å². The molecule has 0 unspecified atom stereocenters. The predicted octanol–water partition coefficient (Wildman–Crippen LogP) is 0.949. The van der Waals surface area contributed by atoms with Gasteiger partial charge in [-0.15, -0.1) is 0 Å². The Labute approximate surface area is 106 Å². The molecule has 5 nitrogen and oxygen atoms in total. The number of amides is 1. The van der Waals surface area contributed by atoms with E-state index in [-0.39, 0.29) is 11.9 Å². The number of hydrogen-bond donors (Lipinski definition) is 2. The van der Waals surface area contributed by atoms with E-state index >= 15 is 0 Å². The van der Waals surface area contributed by atoms with E-state index in [9.17, 15) is 9.59 Å². The van der Waals surface area contributed by atoms with Crippen molar-refractivity contribution < 1.29 is 19.4 Å². The third kappa shape index (κ3) is 3.10. The molecule has 2 atom stereocenters. The SMILES string of the molecule is O=C(O)[C@H]1CC=CC[C@H]1C(=O)NC1CCOCC1. The molecule has 1 saturated heterocycles. The van der Waals surface area contributed by atoms with Crippen molar-refractivity contribution in [2.45, 2.75) is 31.7 Å². The van der Waals surface area contributed by atoms with Gasteiger partial charge in [0.05, 0.1) is 11.8 Å². The van der Waals surface area contributed by atoms with Gasteiger partial charge < -0.3 is 15.2 Å². The minimum Gasteiger partial charge on any atom is -0.481 e. The van der Waals surface area contributed by atoms with E-state index in [1.807, 2.05) is 12.2 Å². The fourth-order valence-electron chi connectivity index (χ4n) is 2.53. The minimum atomic E-state index is -0.883. The smallest absolute Gasteiger partial charge is 0.307 e. The molecule has 0 aromatic carbocycles. The van der Waals surface area contributed by atoms with Crippen LogP contribution >= 0.6 is 0 Å². The Balaban J connectivity index is 1.93. The normalized spacial score (nSPS) is 28.9. The summed E-state index contributed by atoms with van der Waals surface area (Å²) in [5.41, 5.74) is 0. The van der Waals surface area contributed by atoms with Crippen LogP contribution in [0.25, 0.3) is 0 Å². The maximum atomic E-state index is 12.1. The van der Waals surface area contributed by atoms with Gasteiger partial charge >= 0.3 is 5.97 Å². The summed E-state index contributed by atoms with van der Waals surface area (Å²) in [5.74, 6) is -2.03. The van der Waals surface area contributed by atoms with Crippen LogP contribution in [-0.4, -0.2) is 36.2 Å². The van der Waals surface area contributed by atoms with E-state index < -0.39 is 17.8 Å². The monoisotopic (exact) mass is 253 g/mol. The summed E-state index contributed by atoms with van der Waals surface area (Å²) in [4.78, 5) is 23.3. The number of hydrogen-bond acceptors (Lipinski definition) is 3. The van der Waals surface area contributed by atoms with Gasteiger partial charge in [-0.2, -0.15) is 0 Å². The van der Waals surface area contributed by atoms with Crippen LogP contribution in [-0.2, 0) is 14.3 Å². The summed E-state index contributed by atoms with van der Waals surface area (Å²) in [7, 11) is 0. The van der Waals surface area contributed by atoms with E-state index in [0.717, 1.165) is 12.8 Å². The Hall–Kier alpha value is -1.36. The number of carboxylic acid groups (broad SMARTS) is 1. The topological polar surface area (TPSA) is 75.6 Å². The summed E-state index contributed by atoms with van der Waals surface area (Å²) in [6.07, 6.45) is 6.33. The maximum Gasteiger partial charge on any atom is 0.307 e. The minimum absolute atomic E-state index is 0.126. The molecule has 1 fully saturated rings. The Morgan fingerprint density at radius 3 is 2.33 bits per heavy atom. The van der Waals surface area contributed by atoms with Crippen LogP contribution < -0.4 is 5.32 Å². The Morgan fingerprint density at radius 1 is 1.11 bits per heavy atom. The highest BCUT2D eigenvalue weighted by atomic mass is 16.5. The number of ether oxygens (including phenoxy) is 1. The molecule has 0 spiro atoms. The van der Waals surface area contributed by atoms with Crippen LogP contribution in [0.1, 0.15) is 25.7 Å². The predicted molar refractivity (Wildman–Crippen MR) is 65.0 cm³/mol. The lowest BCUT2D eigenvalue weighted by Crippen LogP contribution is -2.45. The molecule has 18 heavy (non-hydrogen) atoms. The molecule has 100 valence electrons. The summed E-state index contributed by atoms with van der Waals surface area (Å²) >= 11 is 0. The lowest BCUT2D eigenvalue weighted by molar-refractivity contribution is -0.147. The zero-order valence-corrected chi connectivity index (χ0v) is 10.3. The second kappa shape index (κ2) is 6.00. The molecule has 2 rings (SSSR count). The average molecular weight is 253 g/mol. The third-order valence-corrected chi connectivity index (χ3v) is 3.65. The third-order valence-electron chi connectivity index (χ3n) is 3.65. The molecule has 0 saturated carbocycles. The molecule has 2 aliphatic rings. The van der Waals surface area contributed by atoms with E-state index in [1.165, 1.54) is 0 Å². The van der Waals surface area contributed by atoms with Gasteiger partial charge in [0, 0.05) is 19.3 Å². The number of rotatable bonds is 3. The molecule has 1 aliphatic heterocycles. The maximum absolute atomic E-state index is 12.1. The van der Waals surface area contributed by atoms with Crippen molar-refractivity contribution in [3.63, 3.8) is 0 Å². The first kappa shape index (κ1) is 13.1. The molecule has 0 aromatic rings. The fourth-order valence-corrected chi connectivity index (χ4v) is 2.53. The molecular weight excluding hydrogens is 234 g/mol. The van der Waals surface area contributed by atoms with Gasteiger partial charge in [-0.1, -0.05) is 12.2 Å². The van der Waals surface area contributed by atoms with Crippen LogP contribution in [0, 0.1) is 11.8 Å². The zero-order valence-electron chi connectivity index (χ0n) is 10.3. The average Bonchev–Trinajstić information content (AvgIpc) is 2.40. The van der Waals surface area contributed by atoms with Crippen molar-refractivity contribution >= 4 is 11.9 Å². The Morgan fingerprint density at radius 2 is 1.72 bits per heavy atom. The van der Waals surface area contributed by atoms with E-state index in [1.54, 1.807) is 0 Å². The first-order valence-corrected chi connectivity index (χ1v) is 6.44. The molecule has 1 heterocycles. The van der Waals surface area contributed by atoms with Crippen LogP contribution in [0.2, 0.25) is 0 Å². The van der Waals surface area contributed by atoms with Gasteiger partial charge in [0.1, 0.15) is 0 Å². The molecule has 1 aliphatic carbocycles. The number of carbonyl (C=O) groups is 2. The quantitative estimate of drug-likeness (QED) is 0.734. The van der Waals surface area contributed by atoms with Crippen LogP contribution in [0.5, 0.6) is 0 Å². The molecule has 1 amide bonds. The van der Waals surface area contributed by atoms with Gasteiger partial charge in [0.25, 0.3) is 0 Å². The van der Waals surface area contributed by atoms with Crippen LogP contribution in [0.15, 0.2) is 12.2 Å². The first-order valence-electron chi connectivity index (χ1n) is 6.44. The van der Waals surface area contributed by atoms with Crippen LogP contribution in [0.4, 0.5) is 0 Å². The second-order valence-electron chi connectivity index (χ2n) is 4.89. The highest BCUT2D eigenvalue weighted by Crippen LogP contribution is 2.26. The number of aliphatic carboxylic acids is 1. The highest BCUT2D eigenvalue weighted by molar-refractivity contribution is 5.85. The molecule has 2 N–H and O–H groups in total. The molecule has 5 heteroatoms. The Bertz CT molecular complexity index is 347. The first-order chi connectivity index (χ1) is 8.68. The number of allylic oxidation sites excluding steroid dienone is 2. The highest BCUT2D eigenvalue weighted by Gasteiger charge is 2.34. The van der Waals surface area contributed by atoms with Crippen molar-refractivity contribution in [2.24, 2.45) is 11.8 Å². The Kier molecular flexibility index (Phi) is 4.36. The van der Waals surface area contributed by atoms with Gasteiger partial charge in [-0.25, -0.2) is 0 Å².